The van der Waals surface area contributed by atoms with E-state index in [1.165, 1.54) is 14.0 Å². The van der Waals surface area contributed by atoms with E-state index in [9.17, 15) is 29.1 Å². The van der Waals surface area contributed by atoms with Gasteiger partial charge in [0.1, 0.15) is 48.5 Å². The number of hydrogen-bond acceptors (Lipinski definition) is 17. The molecule has 63 heavy (non-hydrogen) atoms. The van der Waals surface area contributed by atoms with E-state index in [1.54, 1.807) is 72.0 Å². The van der Waals surface area contributed by atoms with Gasteiger partial charge in [-0.15, -0.1) is 0 Å². The van der Waals surface area contributed by atoms with Gasteiger partial charge in [-0.3, -0.25) is 19.2 Å². The van der Waals surface area contributed by atoms with Crippen molar-refractivity contribution >= 4 is 30.2 Å². The summed E-state index contributed by atoms with van der Waals surface area (Å²) in [4.78, 5) is 65.7. The summed E-state index contributed by atoms with van der Waals surface area (Å²) in [5.41, 5.74) is -0.973. The third-order valence-corrected chi connectivity index (χ3v) is 11.9. The lowest BCUT2D eigenvalue weighted by Gasteiger charge is -2.51. The number of esters is 4. The zero-order chi connectivity index (χ0) is 47.2. The van der Waals surface area contributed by atoms with Gasteiger partial charge < -0.3 is 62.2 Å². The molecule has 3 rings (SSSR count). The van der Waals surface area contributed by atoms with Crippen LogP contribution in [-0.2, 0) is 71.3 Å². The lowest BCUT2D eigenvalue weighted by molar-refractivity contribution is -0.345. The lowest BCUT2D eigenvalue weighted by atomic mass is 9.82. The maximum absolute atomic E-state index is 13.4. The third kappa shape index (κ3) is 15.7. The SMILES string of the molecule is CCC(=O)O[C@H]1/C=C/C=C/C[C@@H](C)OC(=O)CC(OC(C)=O)[C@H](OC)[C@@H](O[C@@H]2O[C@H](C)[C@@H](O[C@H]3C[C@@](C)(OC)[C@@H](OC(=O)CC(C)C)[C@H](C)O3)[C@H](N(C)C)[C@H]2O)[C@@H](CC=O)C[C@H]1C. The molecule has 3 heterocycles. The standard InChI is InChI=1S/C46H75NO16/c1-14-35(50)60-33-19-17-15-16-18-28(5)56-37(52)24-34(59-31(8)49)43(54-12)42(32(20-21-48)23-27(33)4)63-45-40(53)39(47(10)11)41(29(6)58-45)62-38-25-46(9,55-13)44(30(7)57-38)61-36(51)22-26(2)3/h15-17,19,21,26-30,32-34,38-45,53H,14,18,20,22-25H2,1-13H3/b16-15+,19-17+/t27-,28-,29-,30+,32+,33+,34?,38+,39-,40-,41-,42+,43+,44+,45+,46-/m1/s1. The molecule has 3 aliphatic heterocycles. The molecule has 360 valence electrons. The minimum Gasteiger partial charge on any atom is -0.462 e. The van der Waals surface area contributed by atoms with Crippen molar-refractivity contribution in [2.45, 2.75) is 193 Å². The van der Waals surface area contributed by atoms with Gasteiger partial charge >= 0.3 is 23.9 Å². The van der Waals surface area contributed by atoms with Gasteiger partial charge in [0, 0.05) is 53.2 Å². The minimum atomic E-state index is -1.39. The molecule has 0 aromatic heterocycles. The van der Waals surface area contributed by atoms with Crippen molar-refractivity contribution in [3.8, 4) is 0 Å². The first-order valence-electron chi connectivity index (χ1n) is 22.2. The summed E-state index contributed by atoms with van der Waals surface area (Å²) in [6.45, 7) is 15.8. The fourth-order valence-corrected chi connectivity index (χ4v) is 8.64. The molecule has 1 N–H and O–H groups in total. The number of methoxy groups -OCH3 is 2. The molecular formula is C46H75NO16. The molecule has 0 bridgehead atoms. The normalized spacial score (nSPS) is 38.3. The van der Waals surface area contributed by atoms with Crippen LogP contribution >= 0.6 is 0 Å². The summed E-state index contributed by atoms with van der Waals surface area (Å²) in [6, 6.07) is -0.763. The Kier molecular flexibility index (Phi) is 21.8. The molecule has 0 radical (unpaired) electrons. The predicted molar refractivity (Wildman–Crippen MR) is 229 cm³/mol. The molecule has 3 aliphatic rings. The molecule has 16 atom stereocenters. The van der Waals surface area contributed by atoms with E-state index in [4.69, 9.17) is 47.4 Å². The second-order valence-corrected chi connectivity index (χ2v) is 17.9. The summed E-state index contributed by atoms with van der Waals surface area (Å²) in [5, 5.41) is 12.2. The van der Waals surface area contributed by atoms with Gasteiger partial charge in [-0.1, -0.05) is 45.9 Å². The zero-order valence-electron chi connectivity index (χ0n) is 39.6. The van der Waals surface area contributed by atoms with Gasteiger partial charge in [0.25, 0.3) is 0 Å². The van der Waals surface area contributed by atoms with Crippen molar-refractivity contribution in [2.75, 3.05) is 28.3 Å². The number of rotatable bonds is 15. The number of likely N-dealkylation sites (N-methyl/N-ethyl adjacent to an activating group) is 1. The number of aliphatic hydroxyl groups excluding tert-OH is 1. The average molecular weight is 898 g/mol. The van der Waals surface area contributed by atoms with Crippen LogP contribution in [0.3, 0.4) is 0 Å². The molecule has 1 unspecified atom stereocenters. The Morgan fingerprint density at radius 1 is 0.968 bits per heavy atom. The summed E-state index contributed by atoms with van der Waals surface area (Å²) < 4.78 is 61.3. The highest BCUT2D eigenvalue weighted by molar-refractivity contribution is 5.72. The number of hydrogen-bond donors (Lipinski definition) is 1. The molecule has 2 saturated heterocycles. The Morgan fingerprint density at radius 2 is 1.67 bits per heavy atom. The monoisotopic (exact) mass is 898 g/mol. The van der Waals surface area contributed by atoms with E-state index in [0.29, 0.717) is 6.42 Å². The van der Waals surface area contributed by atoms with E-state index in [0.717, 1.165) is 6.29 Å². The maximum atomic E-state index is 13.4. The van der Waals surface area contributed by atoms with Gasteiger partial charge in [0.2, 0.25) is 0 Å². The number of carbonyl (C=O) groups is 5. The van der Waals surface area contributed by atoms with E-state index >= 15 is 0 Å². The van der Waals surface area contributed by atoms with E-state index in [1.807, 2.05) is 33.8 Å². The fourth-order valence-electron chi connectivity index (χ4n) is 8.64. The van der Waals surface area contributed by atoms with Crippen molar-refractivity contribution < 1.29 is 76.4 Å². The average Bonchev–Trinajstić information content (AvgIpc) is 3.18. The van der Waals surface area contributed by atoms with Crippen molar-refractivity contribution in [3.05, 3.63) is 24.3 Å². The first-order valence-corrected chi connectivity index (χ1v) is 22.2. The van der Waals surface area contributed by atoms with Crippen LogP contribution < -0.4 is 0 Å². The Hall–Kier alpha value is -3.29. The molecule has 2 fully saturated rings. The van der Waals surface area contributed by atoms with Crippen LogP contribution in [0.4, 0.5) is 0 Å². The number of aldehydes is 1. The predicted octanol–water partition coefficient (Wildman–Crippen LogP) is 4.63. The number of carbonyl (C=O) groups excluding carboxylic acids is 5. The van der Waals surface area contributed by atoms with Crippen LogP contribution in [0.5, 0.6) is 0 Å². The number of ether oxygens (including phenoxy) is 10. The van der Waals surface area contributed by atoms with Crippen molar-refractivity contribution in [1.82, 2.24) is 4.90 Å². The second kappa shape index (κ2) is 25.4. The van der Waals surface area contributed by atoms with E-state index < -0.39 is 116 Å². The van der Waals surface area contributed by atoms with Crippen molar-refractivity contribution in [2.24, 2.45) is 17.8 Å². The van der Waals surface area contributed by atoms with Crippen LogP contribution in [0.1, 0.15) is 107 Å². The molecule has 17 nitrogen and oxygen atoms in total. The summed E-state index contributed by atoms with van der Waals surface area (Å²) >= 11 is 0. The first-order chi connectivity index (χ1) is 29.7. The highest BCUT2D eigenvalue weighted by Gasteiger charge is 2.53. The largest absolute Gasteiger partial charge is 0.462 e. The van der Waals surface area contributed by atoms with E-state index in [2.05, 4.69) is 0 Å². The number of nitrogens with zero attached hydrogens (tertiary/aromatic N) is 1. The fraction of sp³-hybridized carbons (Fsp3) is 0.804. The smallest absolute Gasteiger partial charge is 0.309 e. The molecule has 17 heteroatoms. The van der Waals surface area contributed by atoms with Gasteiger partial charge in [-0.2, -0.15) is 0 Å². The summed E-state index contributed by atoms with van der Waals surface area (Å²) in [7, 11) is 6.46. The highest BCUT2D eigenvalue weighted by Crippen LogP contribution is 2.39. The molecule has 0 spiro atoms. The Bertz CT molecular complexity index is 1540. The topological polar surface area (TPSA) is 201 Å². The van der Waals surface area contributed by atoms with Gasteiger partial charge in [0.15, 0.2) is 18.7 Å². The number of cyclic esters (lactones) is 1. The molecule has 0 amide bonds. The zero-order valence-corrected chi connectivity index (χ0v) is 39.6. The van der Waals surface area contributed by atoms with Crippen LogP contribution in [0, 0.1) is 17.8 Å². The van der Waals surface area contributed by atoms with Gasteiger partial charge in [-0.25, -0.2) is 0 Å². The summed E-state index contributed by atoms with van der Waals surface area (Å²) in [5.74, 6) is -3.13. The number of aliphatic hydroxyl groups is 1. The quantitative estimate of drug-likeness (QED) is 0.135. The Morgan fingerprint density at radius 3 is 2.25 bits per heavy atom. The van der Waals surface area contributed by atoms with Gasteiger partial charge in [-0.05, 0) is 72.0 Å². The maximum Gasteiger partial charge on any atom is 0.309 e. The highest BCUT2D eigenvalue weighted by atomic mass is 16.7. The molecule has 0 aliphatic carbocycles. The molecule has 0 aromatic carbocycles. The number of allylic oxidation sites excluding steroid dienone is 2. The second-order valence-electron chi connectivity index (χ2n) is 17.9. The minimum absolute atomic E-state index is 0.0916. The van der Waals surface area contributed by atoms with Crippen LogP contribution in [0.2, 0.25) is 0 Å². The van der Waals surface area contributed by atoms with Crippen LogP contribution in [-0.4, -0.2) is 154 Å². The van der Waals surface area contributed by atoms with Gasteiger partial charge in [0.05, 0.1) is 30.8 Å². The van der Waals surface area contributed by atoms with Crippen molar-refractivity contribution in [3.63, 3.8) is 0 Å². The van der Waals surface area contributed by atoms with Crippen molar-refractivity contribution in [1.29, 1.82) is 0 Å². The Balaban J connectivity index is 2.05. The molecule has 0 saturated carbocycles. The van der Waals surface area contributed by atoms with Crippen LogP contribution in [0.25, 0.3) is 0 Å². The summed E-state index contributed by atoms with van der Waals surface area (Å²) in [6.07, 6.45) is -2.84. The molecular weight excluding hydrogens is 822 g/mol. The first kappa shape index (κ1) is 54.0. The van der Waals surface area contributed by atoms with Crippen LogP contribution in [0.15, 0.2) is 24.3 Å². The third-order valence-electron chi connectivity index (χ3n) is 11.9. The molecule has 0 aromatic rings. The van der Waals surface area contributed by atoms with E-state index in [-0.39, 0.29) is 49.9 Å². The lowest BCUT2D eigenvalue weighted by Crippen LogP contribution is -2.66. The Labute approximate surface area is 373 Å².